The fraction of sp³-hybridized carbons (Fsp3) is 0.900. The van der Waals surface area contributed by atoms with Crippen molar-refractivity contribution >= 4 is 25.7 Å². The predicted molar refractivity (Wildman–Crippen MR) is 356 cm³/mol. The van der Waals surface area contributed by atoms with Gasteiger partial charge in [-0.3, -0.25) is 23.4 Å². The summed E-state index contributed by atoms with van der Waals surface area (Å²) >= 11 is 0. The van der Waals surface area contributed by atoms with Crippen LogP contribution in [0.25, 0.3) is 0 Å². The van der Waals surface area contributed by atoms with Gasteiger partial charge in [0.25, 0.3) is 0 Å². The summed E-state index contributed by atoms with van der Waals surface area (Å²) in [6.07, 6.45) is 11.2. The fourth-order valence-corrected chi connectivity index (χ4v) is 12.9. The minimum atomic E-state index is -5.69. The van der Waals surface area contributed by atoms with E-state index in [1.807, 2.05) is 0 Å². The lowest BCUT2D eigenvalue weighted by molar-refractivity contribution is -0.360. The Kier molecular flexibility index (Phi) is 47.8. The van der Waals surface area contributed by atoms with Crippen LogP contribution in [0.15, 0.2) is 24.3 Å². The predicted octanol–water partition coefficient (Wildman–Crippen LogP) is 9.35. The molecule has 3 aliphatic rings. The maximum atomic E-state index is 14.3. The number of phosphoric acid groups is 1. The number of phosphoric ester groups is 1. The van der Waals surface area contributed by atoms with Gasteiger partial charge in [-0.2, -0.15) is 0 Å². The average Bonchev–Trinajstić information content (AvgIpc) is 0.764. The number of hydrogen-bond donors (Lipinski definition) is 11. The number of ether oxygens (including phenoxy) is 7. The SMILES string of the molecule is CCCCCC/C=C\CCCCCCCCCC(=O)OCC1OC(OC2C(O)C(O)C(O)C(OC3OC(CO)C(O)C(O)C3O)C2OP(=O)(O)OCC(COC(=O)CCCCC/C=C\CCCCCCCCC)OC(=O)CCCCCCCCCCCCC)C(O)C(O)C1O. The number of aliphatic hydroxyl groups is 10. The van der Waals surface area contributed by atoms with Crippen LogP contribution < -0.4 is 0 Å². The quantitative estimate of drug-likeness (QED) is 0.00887. The summed E-state index contributed by atoms with van der Waals surface area (Å²) in [5.74, 6) is -2.01. The fourth-order valence-electron chi connectivity index (χ4n) is 11.9. The van der Waals surface area contributed by atoms with E-state index in [2.05, 4.69) is 45.1 Å². The molecular formula is C70H127O24P. The maximum Gasteiger partial charge on any atom is 0.472 e. The number of allylic oxidation sites excluding steroid dienone is 4. The Morgan fingerprint density at radius 3 is 1.16 bits per heavy atom. The van der Waals surface area contributed by atoms with Gasteiger partial charge in [0, 0.05) is 19.3 Å². The summed E-state index contributed by atoms with van der Waals surface area (Å²) in [6.45, 7) is 3.38. The third-order valence-electron chi connectivity index (χ3n) is 18.0. The Hall–Kier alpha value is -2.56. The first-order valence-electron chi connectivity index (χ1n) is 36.6. The van der Waals surface area contributed by atoms with Crippen molar-refractivity contribution in [2.75, 3.05) is 26.4 Å². The molecule has 1 saturated carbocycles. The summed E-state index contributed by atoms with van der Waals surface area (Å²) in [5.41, 5.74) is 0. The zero-order valence-electron chi connectivity index (χ0n) is 57.7. The van der Waals surface area contributed by atoms with E-state index >= 15 is 0 Å². The molecule has 95 heavy (non-hydrogen) atoms. The molecule has 0 bridgehead atoms. The van der Waals surface area contributed by atoms with Crippen molar-refractivity contribution in [3.63, 3.8) is 0 Å². The third-order valence-corrected chi connectivity index (χ3v) is 18.9. The van der Waals surface area contributed by atoms with Gasteiger partial charge >= 0.3 is 25.7 Å². The lowest BCUT2D eigenvalue weighted by Crippen LogP contribution is -2.69. The largest absolute Gasteiger partial charge is 0.472 e. The molecule has 3 rings (SSSR count). The highest BCUT2D eigenvalue weighted by Gasteiger charge is 2.58. The molecule has 2 saturated heterocycles. The van der Waals surface area contributed by atoms with Crippen molar-refractivity contribution in [3.05, 3.63) is 24.3 Å². The zero-order chi connectivity index (χ0) is 69.6. The van der Waals surface area contributed by atoms with Crippen LogP contribution >= 0.6 is 7.82 Å². The van der Waals surface area contributed by atoms with Crippen molar-refractivity contribution in [2.24, 2.45) is 0 Å². The minimum Gasteiger partial charge on any atom is -0.463 e. The molecule has 0 aromatic rings. The number of esters is 3. The van der Waals surface area contributed by atoms with Gasteiger partial charge in [-0.25, -0.2) is 4.57 Å². The maximum absolute atomic E-state index is 14.3. The molecule has 0 amide bonds. The van der Waals surface area contributed by atoms with Gasteiger partial charge in [0.05, 0.1) is 13.2 Å². The molecule has 18 atom stereocenters. The van der Waals surface area contributed by atoms with Crippen LogP contribution in [0.1, 0.15) is 271 Å². The van der Waals surface area contributed by atoms with E-state index in [0.717, 1.165) is 116 Å². The van der Waals surface area contributed by atoms with E-state index in [0.29, 0.717) is 19.3 Å². The molecule has 0 spiro atoms. The molecule has 556 valence electrons. The standard InChI is InChI=1S/C70H127O24P/c1-4-7-10-13-16-19-22-24-26-28-31-33-36-39-42-45-55(73)87-50-53-58(76)60(78)65(83)70(91-53)93-67-63(81)61(79)62(80)66(92-69-64(82)59(77)57(75)52(47-71)90-69)68(67)94-95(84,85)88-49-51(89-56(74)46-43-40-37-34-29-21-18-15-12-9-6-3)48-86-54(72)44-41-38-35-32-30-27-25-23-20-17-14-11-8-5-2/h19,22,27,30,51-53,57-71,75-83H,4-18,20-21,23-26,28-29,31-50H2,1-3H3,(H,84,85)/b22-19-,30-27-. The van der Waals surface area contributed by atoms with Crippen molar-refractivity contribution in [2.45, 2.75) is 375 Å². The Bertz CT molecular complexity index is 2070. The number of aliphatic hydroxyl groups excluding tert-OH is 10. The van der Waals surface area contributed by atoms with E-state index < -0.39 is 156 Å². The lowest BCUT2D eigenvalue weighted by atomic mass is 9.84. The Morgan fingerprint density at radius 2 is 0.737 bits per heavy atom. The van der Waals surface area contributed by atoms with Crippen molar-refractivity contribution < 1.29 is 117 Å². The molecule has 3 fully saturated rings. The van der Waals surface area contributed by atoms with E-state index in [-0.39, 0.29) is 19.3 Å². The molecule has 2 aliphatic heterocycles. The zero-order valence-corrected chi connectivity index (χ0v) is 58.6. The summed E-state index contributed by atoms with van der Waals surface area (Å²) in [5, 5.41) is 110. The highest BCUT2D eigenvalue weighted by molar-refractivity contribution is 7.47. The number of rotatable bonds is 56. The van der Waals surface area contributed by atoms with Crippen molar-refractivity contribution in [1.82, 2.24) is 0 Å². The highest BCUT2D eigenvalue weighted by Crippen LogP contribution is 2.49. The van der Waals surface area contributed by atoms with Gasteiger partial charge in [-0.15, -0.1) is 0 Å². The monoisotopic (exact) mass is 1380 g/mol. The molecule has 24 nitrogen and oxygen atoms in total. The summed E-state index contributed by atoms with van der Waals surface area (Å²) in [4.78, 5) is 50.9. The molecule has 25 heteroatoms. The Morgan fingerprint density at radius 1 is 0.400 bits per heavy atom. The molecule has 2 heterocycles. The molecular weight excluding hydrogens is 1260 g/mol. The number of unbranched alkanes of at least 4 members (excludes halogenated alkanes) is 31. The van der Waals surface area contributed by atoms with Crippen LogP contribution in [0, 0.1) is 0 Å². The number of carbonyl (C=O) groups is 3. The average molecular weight is 1380 g/mol. The highest BCUT2D eigenvalue weighted by atomic mass is 31.2. The molecule has 1 aliphatic carbocycles. The van der Waals surface area contributed by atoms with Crippen LogP contribution in [0.3, 0.4) is 0 Å². The van der Waals surface area contributed by atoms with Crippen LogP contribution in [0.5, 0.6) is 0 Å². The molecule has 0 aromatic carbocycles. The smallest absolute Gasteiger partial charge is 0.463 e. The molecule has 18 unspecified atom stereocenters. The van der Waals surface area contributed by atoms with Gasteiger partial charge in [0.1, 0.15) is 98.7 Å². The van der Waals surface area contributed by atoms with Crippen molar-refractivity contribution in [1.29, 1.82) is 0 Å². The Labute approximate surface area is 566 Å². The number of hydrogen-bond acceptors (Lipinski definition) is 23. The first-order chi connectivity index (χ1) is 45.8. The molecule has 0 radical (unpaired) electrons. The van der Waals surface area contributed by atoms with Gasteiger partial charge < -0.3 is 89.1 Å². The second-order valence-corrected chi connectivity index (χ2v) is 27.7. The minimum absolute atomic E-state index is 0.0231. The van der Waals surface area contributed by atoms with Gasteiger partial charge in [-0.1, -0.05) is 206 Å². The van der Waals surface area contributed by atoms with E-state index in [1.54, 1.807) is 0 Å². The normalized spacial score (nSPS) is 28.2. The van der Waals surface area contributed by atoms with E-state index in [4.69, 9.17) is 42.2 Å². The topological polar surface area (TPSA) is 374 Å². The van der Waals surface area contributed by atoms with Crippen LogP contribution in [0.4, 0.5) is 0 Å². The second kappa shape index (κ2) is 52.4. The van der Waals surface area contributed by atoms with Gasteiger partial charge in [-0.05, 0) is 70.6 Å². The van der Waals surface area contributed by atoms with E-state index in [1.165, 1.54) is 96.3 Å². The van der Waals surface area contributed by atoms with Gasteiger partial charge in [0.2, 0.25) is 0 Å². The van der Waals surface area contributed by atoms with Gasteiger partial charge in [0.15, 0.2) is 18.7 Å². The first kappa shape index (κ1) is 86.7. The van der Waals surface area contributed by atoms with Crippen LogP contribution in [-0.2, 0) is 61.2 Å². The summed E-state index contributed by atoms with van der Waals surface area (Å²) in [6, 6.07) is 0. The van der Waals surface area contributed by atoms with Crippen LogP contribution in [-0.4, -0.2) is 204 Å². The second-order valence-electron chi connectivity index (χ2n) is 26.3. The van der Waals surface area contributed by atoms with E-state index in [9.17, 15) is 74.9 Å². The molecule has 11 N–H and O–H groups in total. The van der Waals surface area contributed by atoms with Crippen molar-refractivity contribution in [3.8, 4) is 0 Å². The third kappa shape index (κ3) is 36.1. The summed E-state index contributed by atoms with van der Waals surface area (Å²) in [7, 11) is -5.69. The molecule has 0 aromatic heterocycles. The number of carbonyl (C=O) groups excluding carboxylic acids is 3. The van der Waals surface area contributed by atoms with Crippen LogP contribution in [0.2, 0.25) is 0 Å². The first-order valence-corrected chi connectivity index (χ1v) is 38.1. The Balaban J connectivity index is 1.74. The lowest BCUT2D eigenvalue weighted by Gasteiger charge is -2.49. The summed E-state index contributed by atoms with van der Waals surface area (Å²) < 4.78 is 64.9.